The highest BCUT2D eigenvalue weighted by molar-refractivity contribution is 5.93. The van der Waals surface area contributed by atoms with Gasteiger partial charge in [-0.3, -0.25) is 9.78 Å². The standard InChI is InChI=1S/C18H17N3O4/c1-23-15-4-3-12(9-17(15)24-2)11-20-18(22)14-10-16(25-21-14)13-5-7-19-8-6-13/h3-10H,11H2,1-2H3,(H,20,22). The quantitative estimate of drug-likeness (QED) is 0.743. The van der Waals surface area contributed by atoms with E-state index >= 15 is 0 Å². The van der Waals surface area contributed by atoms with E-state index in [9.17, 15) is 4.79 Å². The van der Waals surface area contributed by atoms with Gasteiger partial charge in [0, 0.05) is 30.6 Å². The minimum Gasteiger partial charge on any atom is -0.493 e. The molecule has 0 aliphatic carbocycles. The zero-order valence-electron chi connectivity index (χ0n) is 13.9. The number of aromatic nitrogens is 2. The highest BCUT2D eigenvalue weighted by Crippen LogP contribution is 2.27. The van der Waals surface area contributed by atoms with Gasteiger partial charge in [-0.25, -0.2) is 0 Å². The number of carbonyl (C=O) groups excluding carboxylic acids is 1. The molecule has 3 rings (SSSR count). The summed E-state index contributed by atoms with van der Waals surface area (Å²) in [6, 6.07) is 10.6. The topological polar surface area (TPSA) is 86.5 Å². The minimum absolute atomic E-state index is 0.215. The first kappa shape index (κ1) is 16.5. The van der Waals surface area contributed by atoms with Gasteiger partial charge in [0.25, 0.3) is 5.91 Å². The molecule has 2 heterocycles. The van der Waals surface area contributed by atoms with Gasteiger partial charge < -0.3 is 19.3 Å². The Balaban J connectivity index is 1.66. The van der Waals surface area contributed by atoms with Crippen LogP contribution in [0, 0.1) is 0 Å². The third-order valence-electron chi connectivity index (χ3n) is 3.61. The van der Waals surface area contributed by atoms with Crippen molar-refractivity contribution in [2.24, 2.45) is 0 Å². The Labute approximate surface area is 144 Å². The van der Waals surface area contributed by atoms with Crippen molar-refractivity contribution in [3.8, 4) is 22.8 Å². The maximum atomic E-state index is 12.2. The number of carbonyl (C=O) groups is 1. The molecule has 0 saturated carbocycles. The van der Waals surface area contributed by atoms with Crippen molar-refractivity contribution in [2.75, 3.05) is 14.2 Å². The number of hydrogen-bond acceptors (Lipinski definition) is 6. The van der Waals surface area contributed by atoms with Crippen molar-refractivity contribution in [1.82, 2.24) is 15.5 Å². The van der Waals surface area contributed by atoms with E-state index in [1.165, 1.54) is 0 Å². The van der Waals surface area contributed by atoms with E-state index in [-0.39, 0.29) is 11.6 Å². The fraction of sp³-hybridized carbons (Fsp3) is 0.167. The van der Waals surface area contributed by atoms with E-state index in [0.29, 0.717) is 23.8 Å². The smallest absolute Gasteiger partial charge is 0.273 e. The number of nitrogens with one attached hydrogen (secondary N) is 1. The first-order valence-corrected chi connectivity index (χ1v) is 7.57. The van der Waals surface area contributed by atoms with Crippen LogP contribution in [0.5, 0.6) is 11.5 Å². The molecular weight excluding hydrogens is 322 g/mol. The lowest BCUT2D eigenvalue weighted by Crippen LogP contribution is -2.23. The maximum Gasteiger partial charge on any atom is 0.273 e. The third kappa shape index (κ3) is 3.77. The van der Waals surface area contributed by atoms with E-state index in [4.69, 9.17) is 14.0 Å². The molecule has 128 valence electrons. The third-order valence-corrected chi connectivity index (χ3v) is 3.61. The number of benzene rings is 1. The highest BCUT2D eigenvalue weighted by Gasteiger charge is 2.14. The van der Waals surface area contributed by atoms with Crippen LogP contribution in [0.2, 0.25) is 0 Å². The average molecular weight is 339 g/mol. The molecule has 0 aliphatic heterocycles. The van der Waals surface area contributed by atoms with Gasteiger partial charge >= 0.3 is 0 Å². The van der Waals surface area contributed by atoms with Gasteiger partial charge in [0.15, 0.2) is 23.0 Å². The van der Waals surface area contributed by atoms with Crippen molar-refractivity contribution < 1.29 is 18.8 Å². The molecule has 0 bridgehead atoms. The van der Waals surface area contributed by atoms with E-state index in [1.807, 2.05) is 12.1 Å². The van der Waals surface area contributed by atoms with Crippen LogP contribution in [-0.4, -0.2) is 30.3 Å². The Hall–Kier alpha value is -3.35. The maximum absolute atomic E-state index is 12.2. The Morgan fingerprint density at radius 3 is 2.56 bits per heavy atom. The molecule has 1 N–H and O–H groups in total. The second kappa shape index (κ2) is 7.48. The first-order valence-electron chi connectivity index (χ1n) is 7.57. The van der Waals surface area contributed by atoms with Crippen molar-refractivity contribution in [2.45, 2.75) is 6.54 Å². The fourth-order valence-electron chi connectivity index (χ4n) is 2.30. The number of amides is 1. The second-order valence-electron chi connectivity index (χ2n) is 5.18. The molecule has 1 amide bonds. The average Bonchev–Trinajstić information content (AvgIpc) is 3.17. The summed E-state index contributed by atoms with van der Waals surface area (Å²) in [6.07, 6.45) is 3.29. The molecule has 7 nitrogen and oxygen atoms in total. The largest absolute Gasteiger partial charge is 0.493 e. The SMILES string of the molecule is COc1ccc(CNC(=O)c2cc(-c3ccncc3)on2)cc1OC. The molecule has 0 unspecified atom stereocenters. The van der Waals surface area contributed by atoms with Gasteiger partial charge in [0.05, 0.1) is 14.2 Å². The van der Waals surface area contributed by atoms with Gasteiger partial charge in [-0.1, -0.05) is 11.2 Å². The minimum atomic E-state index is -0.321. The van der Waals surface area contributed by atoms with Crippen LogP contribution in [0.1, 0.15) is 16.1 Å². The number of pyridine rings is 1. The highest BCUT2D eigenvalue weighted by atomic mass is 16.5. The monoisotopic (exact) mass is 339 g/mol. The van der Waals surface area contributed by atoms with E-state index in [1.54, 1.807) is 50.9 Å². The Morgan fingerprint density at radius 2 is 1.84 bits per heavy atom. The van der Waals surface area contributed by atoms with E-state index < -0.39 is 0 Å². The second-order valence-corrected chi connectivity index (χ2v) is 5.18. The predicted octanol–water partition coefficient (Wildman–Crippen LogP) is 2.68. The zero-order chi connectivity index (χ0) is 17.6. The van der Waals surface area contributed by atoms with Gasteiger partial charge in [-0.05, 0) is 29.8 Å². The molecule has 0 atom stereocenters. The molecule has 0 saturated heterocycles. The van der Waals surface area contributed by atoms with Gasteiger partial charge in [0.2, 0.25) is 0 Å². The lowest BCUT2D eigenvalue weighted by molar-refractivity contribution is 0.0942. The Kier molecular flexibility index (Phi) is 4.94. The summed E-state index contributed by atoms with van der Waals surface area (Å²) in [5.74, 6) is 1.43. The number of ether oxygens (including phenoxy) is 2. The van der Waals surface area contributed by atoms with Crippen molar-refractivity contribution >= 4 is 5.91 Å². The lowest BCUT2D eigenvalue weighted by atomic mass is 10.2. The summed E-state index contributed by atoms with van der Waals surface area (Å²) in [7, 11) is 3.14. The van der Waals surface area contributed by atoms with Crippen LogP contribution >= 0.6 is 0 Å². The molecule has 0 aliphatic rings. The first-order chi connectivity index (χ1) is 12.2. The van der Waals surface area contributed by atoms with Gasteiger partial charge in [-0.2, -0.15) is 0 Å². The molecule has 2 aromatic heterocycles. The normalized spacial score (nSPS) is 10.3. The van der Waals surface area contributed by atoms with Crippen LogP contribution in [0.15, 0.2) is 53.3 Å². The summed E-state index contributed by atoms with van der Waals surface area (Å²) in [5, 5.41) is 6.61. The molecule has 3 aromatic rings. The number of rotatable bonds is 6. The van der Waals surface area contributed by atoms with Crippen molar-refractivity contribution in [1.29, 1.82) is 0 Å². The summed E-state index contributed by atoms with van der Waals surface area (Å²) in [4.78, 5) is 16.2. The number of methoxy groups -OCH3 is 2. The van der Waals surface area contributed by atoms with E-state index in [2.05, 4.69) is 15.5 Å². The van der Waals surface area contributed by atoms with Crippen LogP contribution in [-0.2, 0) is 6.54 Å². The summed E-state index contributed by atoms with van der Waals surface area (Å²) < 4.78 is 15.7. The molecule has 0 spiro atoms. The van der Waals surface area contributed by atoms with E-state index in [0.717, 1.165) is 11.1 Å². The summed E-state index contributed by atoms with van der Waals surface area (Å²) in [6.45, 7) is 0.330. The molecule has 7 heteroatoms. The lowest BCUT2D eigenvalue weighted by Gasteiger charge is -2.09. The van der Waals surface area contributed by atoms with Gasteiger partial charge in [0.1, 0.15) is 0 Å². The van der Waals surface area contributed by atoms with Crippen molar-refractivity contribution in [3.05, 3.63) is 60.0 Å². The molecule has 25 heavy (non-hydrogen) atoms. The molecular formula is C18H17N3O4. The number of hydrogen-bond donors (Lipinski definition) is 1. The number of nitrogens with zero attached hydrogens (tertiary/aromatic N) is 2. The molecule has 0 fully saturated rings. The van der Waals surface area contributed by atoms with Gasteiger partial charge in [-0.15, -0.1) is 0 Å². The Morgan fingerprint density at radius 1 is 1.08 bits per heavy atom. The zero-order valence-corrected chi connectivity index (χ0v) is 13.9. The van der Waals surface area contributed by atoms with Crippen LogP contribution in [0.4, 0.5) is 0 Å². The van der Waals surface area contributed by atoms with Crippen LogP contribution in [0.3, 0.4) is 0 Å². The molecule has 1 aromatic carbocycles. The van der Waals surface area contributed by atoms with Crippen molar-refractivity contribution in [3.63, 3.8) is 0 Å². The summed E-state index contributed by atoms with van der Waals surface area (Å²) >= 11 is 0. The summed E-state index contributed by atoms with van der Waals surface area (Å²) in [5.41, 5.74) is 1.90. The fourth-order valence-corrected chi connectivity index (χ4v) is 2.30. The predicted molar refractivity (Wildman–Crippen MR) is 90.5 cm³/mol. The van der Waals surface area contributed by atoms with Crippen LogP contribution in [0.25, 0.3) is 11.3 Å². The molecule has 0 radical (unpaired) electrons. The Bertz CT molecular complexity index is 862. The van der Waals surface area contributed by atoms with Crippen LogP contribution < -0.4 is 14.8 Å².